The zero-order chi connectivity index (χ0) is 15.2. The Hall–Kier alpha value is -1.79. The second-order valence-electron chi connectivity index (χ2n) is 5.62. The van der Waals surface area contributed by atoms with Crippen molar-refractivity contribution in [2.75, 3.05) is 6.54 Å². The average molecular weight is 272 g/mol. The molecule has 0 bridgehead atoms. The second kappa shape index (κ2) is 7.12. The minimum absolute atomic E-state index is 0.0563. The third-order valence-corrected chi connectivity index (χ3v) is 3.15. The molecule has 0 saturated carbocycles. The summed E-state index contributed by atoms with van der Waals surface area (Å²) < 4.78 is 0. The van der Waals surface area contributed by atoms with E-state index in [0.717, 1.165) is 24.0 Å². The normalized spacial score (nSPS) is 10.7. The molecule has 1 aromatic rings. The standard InChI is InChI=1S/C17H24N2O/c1-5-10-17(3,4)19-16(20)15-9-8-13(2)14(12-15)7-6-11-18/h8-9,12H,5,10-11,18H2,1-4H3,(H,19,20). The van der Waals surface area contributed by atoms with Crippen molar-refractivity contribution in [2.24, 2.45) is 5.73 Å². The van der Waals surface area contributed by atoms with Gasteiger partial charge in [-0.25, -0.2) is 0 Å². The highest BCUT2D eigenvalue weighted by Crippen LogP contribution is 2.14. The average Bonchev–Trinajstić information content (AvgIpc) is 2.37. The van der Waals surface area contributed by atoms with Crippen molar-refractivity contribution in [1.29, 1.82) is 0 Å². The van der Waals surface area contributed by atoms with E-state index in [4.69, 9.17) is 5.73 Å². The largest absolute Gasteiger partial charge is 0.347 e. The lowest BCUT2D eigenvalue weighted by atomic mass is 9.97. The molecule has 108 valence electrons. The quantitative estimate of drug-likeness (QED) is 0.828. The summed E-state index contributed by atoms with van der Waals surface area (Å²) in [5.41, 5.74) is 7.74. The molecular weight excluding hydrogens is 248 g/mol. The molecule has 0 unspecified atom stereocenters. The number of aryl methyl sites for hydroxylation is 1. The molecule has 3 N–H and O–H groups in total. The van der Waals surface area contributed by atoms with E-state index in [0.29, 0.717) is 12.1 Å². The maximum atomic E-state index is 12.3. The maximum absolute atomic E-state index is 12.3. The number of hydrogen-bond acceptors (Lipinski definition) is 2. The molecule has 0 aromatic heterocycles. The molecule has 1 amide bonds. The zero-order valence-corrected chi connectivity index (χ0v) is 12.8. The SMILES string of the molecule is CCCC(C)(C)NC(=O)c1ccc(C)c(C#CCN)c1. The Balaban J connectivity index is 2.94. The number of amides is 1. The Morgan fingerprint density at radius 2 is 2.10 bits per heavy atom. The van der Waals surface area contributed by atoms with E-state index in [9.17, 15) is 4.79 Å². The molecule has 0 spiro atoms. The topological polar surface area (TPSA) is 55.1 Å². The lowest BCUT2D eigenvalue weighted by molar-refractivity contribution is 0.0909. The first-order valence-electron chi connectivity index (χ1n) is 7.01. The molecule has 0 radical (unpaired) electrons. The number of carbonyl (C=O) groups is 1. The Morgan fingerprint density at radius 1 is 1.40 bits per heavy atom. The molecule has 0 atom stereocenters. The van der Waals surface area contributed by atoms with Gasteiger partial charge in [-0.2, -0.15) is 0 Å². The summed E-state index contributed by atoms with van der Waals surface area (Å²) in [7, 11) is 0. The molecule has 3 nitrogen and oxygen atoms in total. The Labute approximate surface area is 121 Å². The fourth-order valence-corrected chi connectivity index (χ4v) is 2.11. The van der Waals surface area contributed by atoms with Crippen LogP contribution < -0.4 is 11.1 Å². The van der Waals surface area contributed by atoms with Crippen LogP contribution in [0.4, 0.5) is 0 Å². The molecule has 0 aliphatic carbocycles. The fraction of sp³-hybridized carbons (Fsp3) is 0.471. The molecule has 0 fully saturated rings. The van der Waals surface area contributed by atoms with Crippen molar-refractivity contribution in [3.8, 4) is 11.8 Å². The molecule has 0 aliphatic heterocycles. The molecule has 1 aromatic carbocycles. The maximum Gasteiger partial charge on any atom is 0.251 e. The van der Waals surface area contributed by atoms with Crippen molar-refractivity contribution >= 4 is 5.91 Å². The van der Waals surface area contributed by atoms with Crippen molar-refractivity contribution < 1.29 is 4.79 Å². The van der Waals surface area contributed by atoms with Crippen LogP contribution in [0, 0.1) is 18.8 Å². The zero-order valence-electron chi connectivity index (χ0n) is 12.8. The number of carbonyl (C=O) groups excluding carboxylic acids is 1. The minimum atomic E-state index is -0.195. The summed E-state index contributed by atoms with van der Waals surface area (Å²) in [5.74, 6) is 5.77. The van der Waals surface area contributed by atoms with Crippen LogP contribution in [-0.4, -0.2) is 18.0 Å². The summed E-state index contributed by atoms with van der Waals surface area (Å²) in [4.78, 5) is 12.3. The molecular formula is C17H24N2O. The van der Waals surface area contributed by atoms with E-state index < -0.39 is 0 Å². The van der Waals surface area contributed by atoms with Gasteiger partial charge in [-0.15, -0.1) is 0 Å². The number of nitrogens with two attached hydrogens (primary N) is 1. The van der Waals surface area contributed by atoms with Gasteiger partial charge in [0.1, 0.15) is 0 Å². The van der Waals surface area contributed by atoms with E-state index in [-0.39, 0.29) is 11.4 Å². The van der Waals surface area contributed by atoms with Gasteiger partial charge in [0, 0.05) is 16.7 Å². The van der Waals surface area contributed by atoms with Gasteiger partial charge in [-0.3, -0.25) is 4.79 Å². The number of benzene rings is 1. The molecule has 0 saturated heterocycles. The lowest BCUT2D eigenvalue weighted by Gasteiger charge is -2.25. The smallest absolute Gasteiger partial charge is 0.251 e. The summed E-state index contributed by atoms with van der Waals surface area (Å²) >= 11 is 0. The monoisotopic (exact) mass is 272 g/mol. The van der Waals surface area contributed by atoms with Gasteiger partial charge in [-0.1, -0.05) is 31.3 Å². The Morgan fingerprint density at radius 3 is 2.70 bits per heavy atom. The Kier molecular flexibility index (Phi) is 5.79. The van der Waals surface area contributed by atoms with Gasteiger partial charge in [0.05, 0.1) is 6.54 Å². The second-order valence-corrected chi connectivity index (χ2v) is 5.62. The predicted molar refractivity (Wildman–Crippen MR) is 83.6 cm³/mol. The van der Waals surface area contributed by atoms with Gasteiger partial charge in [-0.05, 0) is 44.9 Å². The van der Waals surface area contributed by atoms with Crippen LogP contribution in [0.2, 0.25) is 0 Å². The van der Waals surface area contributed by atoms with Gasteiger partial charge in [0.2, 0.25) is 0 Å². The van der Waals surface area contributed by atoms with E-state index >= 15 is 0 Å². The van der Waals surface area contributed by atoms with Crippen LogP contribution >= 0.6 is 0 Å². The molecule has 0 heterocycles. The van der Waals surface area contributed by atoms with Crippen LogP contribution in [0.1, 0.15) is 55.1 Å². The van der Waals surface area contributed by atoms with Crippen LogP contribution in [-0.2, 0) is 0 Å². The first-order valence-corrected chi connectivity index (χ1v) is 7.01. The number of rotatable bonds is 4. The molecule has 20 heavy (non-hydrogen) atoms. The van der Waals surface area contributed by atoms with E-state index in [1.807, 2.05) is 39.0 Å². The highest BCUT2D eigenvalue weighted by Gasteiger charge is 2.20. The van der Waals surface area contributed by atoms with Crippen LogP contribution in [0.25, 0.3) is 0 Å². The van der Waals surface area contributed by atoms with Gasteiger partial charge in [0.25, 0.3) is 5.91 Å². The molecule has 0 aliphatic rings. The summed E-state index contributed by atoms with van der Waals surface area (Å²) in [5, 5.41) is 3.06. The summed E-state index contributed by atoms with van der Waals surface area (Å²) in [6.45, 7) is 8.48. The summed E-state index contributed by atoms with van der Waals surface area (Å²) in [6, 6.07) is 5.58. The van der Waals surface area contributed by atoms with Crippen LogP contribution in [0.3, 0.4) is 0 Å². The van der Waals surface area contributed by atoms with E-state index in [1.54, 1.807) is 0 Å². The number of hydrogen-bond donors (Lipinski definition) is 2. The third-order valence-electron chi connectivity index (χ3n) is 3.15. The first-order chi connectivity index (χ1) is 9.39. The van der Waals surface area contributed by atoms with E-state index in [2.05, 4.69) is 24.1 Å². The van der Waals surface area contributed by atoms with Gasteiger partial charge < -0.3 is 11.1 Å². The van der Waals surface area contributed by atoms with Gasteiger partial charge >= 0.3 is 0 Å². The van der Waals surface area contributed by atoms with E-state index in [1.165, 1.54) is 0 Å². The lowest BCUT2D eigenvalue weighted by Crippen LogP contribution is -2.43. The number of nitrogens with one attached hydrogen (secondary N) is 1. The van der Waals surface area contributed by atoms with Crippen molar-refractivity contribution in [1.82, 2.24) is 5.32 Å². The Bertz CT molecular complexity index is 536. The third kappa shape index (κ3) is 4.71. The summed E-state index contributed by atoms with van der Waals surface area (Å²) in [6.07, 6.45) is 1.98. The van der Waals surface area contributed by atoms with Crippen LogP contribution in [0.15, 0.2) is 18.2 Å². The van der Waals surface area contributed by atoms with Crippen molar-refractivity contribution in [3.05, 3.63) is 34.9 Å². The first kappa shape index (κ1) is 16.3. The molecule has 3 heteroatoms. The predicted octanol–water partition coefficient (Wildman–Crippen LogP) is 2.61. The van der Waals surface area contributed by atoms with Crippen molar-refractivity contribution in [2.45, 2.75) is 46.1 Å². The highest BCUT2D eigenvalue weighted by atomic mass is 16.1. The van der Waals surface area contributed by atoms with Crippen LogP contribution in [0.5, 0.6) is 0 Å². The molecule has 1 rings (SSSR count). The minimum Gasteiger partial charge on any atom is -0.347 e. The van der Waals surface area contributed by atoms with Gasteiger partial charge in [0.15, 0.2) is 0 Å². The van der Waals surface area contributed by atoms with Crippen molar-refractivity contribution in [3.63, 3.8) is 0 Å². The fourth-order valence-electron chi connectivity index (χ4n) is 2.11. The highest BCUT2D eigenvalue weighted by molar-refractivity contribution is 5.95.